The Labute approximate surface area is 120 Å². The van der Waals surface area contributed by atoms with E-state index in [-0.39, 0.29) is 0 Å². The summed E-state index contributed by atoms with van der Waals surface area (Å²) in [4.78, 5) is 2.44. The Hall–Kier alpha value is -0.680. The average Bonchev–Trinajstić information content (AvgIpc) is 2.29. The summed E-state index contributed by atoms with van der Waals surface area (Å²) in [7, 11) is 0. The maximum Gasteiger partial charge on any atom is 0.0355 e. The Kier molecular flexibility index (Phi) is 3.99. The molecule has 2 aromatic carbocycles. The normalized spacial score (nSPS) is 10.5. The molecule has 0 heterocycles. The molecule has 0 aliphatic heterocycles. The average molecular weight is 355 g/mol. The third-order valence-electron chi connectivity index (χ3n) is 2.63. The van der Waals surface area contributed by atoms with E-state index < -0.39 is 0 Å². The van der Waals surface area contributed by atoms with Gasteiger partial charge in [0.1, 0.15) is 0 Å². The number of hydrogen-bond acceptors (Lipinski definition) is 2. The Morgan fingerprint density at radius 3 is 2.12 bits per heavy atom. The minimum absolute atomic E-state index is 0.858. The predicted molar refractivity (Wildman–Crippen MR) is 83.6 cm³/mol. The quantitative estimate of drug-likeness (QED) is 0.627. The molecule has 0 bridgehead atoms. The molecule has 2 rings (SSSR count). The molecule has 0 unspecified atom stereocenters. The molecule has 17 heavy (non-hydrogen) atoms. The second-order valence-electron chi connectivity index (χ2n) is 4.03. The highest BCUT2D eigenvalue weighted by Crippen LogP contribution is 2.31. The highest BCUT2D eigenvalue weighted by Gasteiger charge is 2.02. The van der Waals surface area contributed by atoms with Crippen molar-refractivity contribution >= 4 is 40.0 Å². The standard InChI is InChI=1S/C14H14INS/c1-9-3-5-11(7-13(9)15)17-12-6-4-10(2)14(16)8-12/h3-8H,16H2,1-2H3. The fraction of sp³-hybridized carbons (Fsp3) is 0.143. The molecule has 88 valence electrons. The van der Waals surface area contributed by atoms with Crippen molar-refractivity contribution in [1.29, 1.82) is 0 Å². The van der Waals surface area contributed by atoms with Crippen molar-refractivity contribution in [1.82, 2.24) is 0 Å². The second kappa shape index (κ2) is 5.31. The number of benzene rings is 2. The van der Waals surface area contributed by atoms with Gasteiger partial charge in [-0.3, -0.25) is 0 Å². The zero-order valence-electron chi connectivity index (χ0n) is 9.83. The van der Waals surface area contributed by atoms with E-state index in [1.54, 1.807) is 11.8 Å². The fourth-order valence-electron chi connectivity index (χ4n) is 1.46. The summed E-state index contributed by atoms with van der Waals surface area (Å²) in [5, 5.41) is 0. The van der Waals surface area contributed by atoms with Crippen molar-refractivity contribution in [3.05, 3.63) is 51.1 Å². The number of aryl methyl sites for hydroxylation is 2. The number of hydrogen-bond donors (Lipinski definition) is 1. The first kappa shape index (κ1) is 12.8. The highest BCUT2D eigenvalue weighted by molar-refractivity contribution is 14.1. The summed E-state index contributed by atoms with van der Waals surface area (Å²) in [5.41, 5.74) is 9.22. The first-order valence-corrected chi connectivity index (χ1v) is 7.26. The summed E-state index contributed by atoms with van der Waals surface area (Å²) in [6.45, 7) is 4.15. The van der Waals surface area contributed by atoms with Gasteiger partial charge in [0.25, 0.3) is 0 Å². The molecule has 0 aliphatic rings. The Morgan fingerprint density at radius 1 is 0.941 bits per heavy atom. The van der Waals surface area contributed by atoms with Crippen molar-refractivity contribution in [2.45, 2.75) is 23.6 Å². The van der Waals surface area contributed by atoms with Crippen molar-refractivity contribution < 1.29 is 0 Å². The SMILES string of the molecule is Cc1ccc(Sc2ccc(C)c(I)c2)cc1N. The van der Waals surface area contributed by atoms with Crippen LogP contribution in [0.1, 0.15) is 11.1 Å². The first-order valence-electron chi connectivity index (χ1n) is 5.36. The number of anilines is 1. The van der Waals surface area contributed by atoms with Crippen LogP contribution in [0, 0.1) is 17.4 Å². The smallest absolute Gasteiger partial charge is 0.0355 e. The second-order valence-corrected chi connectivity index (χ2v) is 6.34. The van der Waals surface area contributed by atoms with Gasteiger partial charge in [-0.1, -0.05) is 23.9 Å². The zero-order valence-corrected chi connectivity index (χ0v) is 12.8. The minimum Gasteiger partial charge on any atom is -0.398 e. The van der Waals surface area contributed by atoms with Gasteiger partial charge >= 0.3 is 0 Å². The maximum atomic E-state index is 5.91. The van der Waals surface area contributed by atoms with Gasteiger partial charge in [0, 0.05) is 19.0 Å². The highest BCUT2D eigenvalue weighted by atomic mass is 127. The predicted octanol–water partition coefficient (Wildman–Crippen LogP) is 4.64. The van der Waals surface area contributed by atoms with E-state index in [1.165, 1.54) is 18.9 Å². The van der Waals surface area contributed by atoms with Crippen molar-refractivity contribution in [2.75, 3.05) is 5.73 Å². The van der Waals surface area contributed by atoms with Crippen LogP contribution in [0.4, 0.5) is 5.69 Å². The van der Waals surface area contributed by atoms with E-state index in [0.717, 1.165) is 11.3 Å². The maximum absolute atomic E-state index is 5.91. The van der Waals surface area contributed by atoms with Crippen LogP contribution in [0.3, 0.4) is 0 Å². The van der Waals surface area contributed by atoms with Gasteiger partial charge in [-0.15, -0.1) is 0 Å². The van der Waals surface area contributed by atoms with Crippen LogP contribution in [0.2, 0.25) is 0 Å². The van der Waals surface area contributed by atoms with Crippen LogP contribution in [-0.4, -0.2) is 0 Å². The molecule has 2 aromatic rings. The molecular formula is C14H14INS. The summed E-state index contributed by atoms with van der Waals surface area (Å²) in [6, 6.07) is 12.7. The van der Waals surface area contributed by atoms with Gasteiger partial charge in [0.2, 0.25) is 0 Å². The minimum atomic E-state index is 0.858. The third kappa shape index (κ3) is 3.16. The van der Waals surface area contributed by atoms with Crippen LogP contribution in [0.25, 0.3) is 0 Å². The van der Waals surface area contributed by atoms with E-state index in [0.29, 0.717) is 0 Å². The van der Waals surface area contributed by atoms with Gasteiger partial charge in [-0.25, -0.2) is 0 Å². The summed E-state index contributed by atoms with van der Waals surface area (Å²) in [6.07, 6.45) is 0. The van der Waals surface area contributed by atoms with Crippen LogP contribution in [-0.2, 0) is 0 Å². The summed E-state index contributed by atoms with van der Waals surface area (Å²) in [5.74, 6) is 0. The van der Waals surface area contributed by atoms with Crippen molar-refractivity contribution in [3.63, 3.8) is 0 Å². The lowest BCUT2D eigenvalue weighted by molar-refractivity contribution is 1.32. The van der Waals surface area contributed by atoms with E-state index >= 15 is 0 Å². The lowest BCUT2D eigenvalue weighted by Crippen LogP contribution is -1.89. The molecular weight excluding hydrogens is 341 g/mol. The summed E-state index contributed by atoms with van der Waals surface area (Å²) >= 11 is 4.12. The van der Waals surface area contributed by atoms with Crippen LogP contribution in [0.5, 0.6) is 0 Å². The molecule has 0 spiro atoms. The van der Waals surface area contributed by atoms with E-state index in [1.807, 2.05) is 13.0 Å². The lowest BCUT2D eigenvalue weighted by atomic mass is 10.2. The summed E-state index contributed by atoms with van der Waals surface area (Å²) < 4.78 is 1.30. The molecule has 2 N–H and O–H groups in total. The van der Waals surface area contributed by atoms with E-state index in [4.69, 9.17) is 5.73 Å². The van der Waals surface area contributed by atoms with Gasteiger partial charge in [0.15, 0.2) is 0 Å². The fourth-order valence-corrected chi connectivity index (χ4v) is 3.09. The first-order chi connectivity index (χ1) is 8.06. The molecule has 0 amide bonds. The van der Waals surface area contributed by atoms with Gasteiger partial charge in [-0.2, -0.15) is 0 Å². The number of rotatable bonds is 2. The molecule has 0 radical (unpaired) electrons. The van der Waals surface area contributed by atoms with Crippen molar-refractivity contribution in [3.8, 4) is 0 Å². The molecule has 0 saturated heterocycles. The van der Waals surface area contributed by atoms with Gasteiger partial charge in [0.05, 0.1) is 0 Å². The van der Waals surface area contributed by atoms with E-state index in [9.17, 15) is 0 Å². The topological polar surface area (TPSA) is 26.0 Å². The molecule has 1 nitrogen and oxygen atoms in total. The van der Waals surface area contributed by atoms with E-state index in [2.05, 4.69) is 59.8 Å². The molecule has 0 atom stereocenters. The molecule has 3 heteroatoms. The van der Waals surface area contributed by atoms with Crippen LogP contribution >= 0.6 is 34.4 Å². The number of halogens is 1. The third-order valence-corrected chi connectivity index (χ3v) is 4.77. The number of nitrogen functional groups attached to an aromatic ring is 1. The molecule has 0 aliphatic carbocycles. The zero-order chi connectivity index (χ0) is 12.4. The van der Waals surface area contributed by atoms with Crippen LogP contribution in [0.15, 0.2) is 46.2 Å². The number of nitrogens with two attached hydrogens (primary N) is 1. The van der Waals surface area contributed by atoms with Gasteiger partial charge in [-0.05, 0) is 71.8 Å². The molecule has 0 fully saturated rings. The Bertz CT molecular complexity index is 502. The van der Waals surface area contributed by atoms with Gasteiger partial charge < -0.3 is 5.73 Å². The molecule has 0 aromatic heterocycles. The lowest BCUT2D eigenvalue weighted by Gasteiger charge is -2.06. The largest absolute Gasteiger partial charge is 0.398 e. The Morgan fingerprint density at radius 2 is 1.53 bits per heavy atom. The van der Waals surface area contributed by atoms with Crippen molar-refractivity contribution in [2.24, 2.45) is 0 Å². The molecule has 0 saturated carbocycles. The Balaban J connectivity index is 2.25. The monoisotopic (exact) mass is 355 g/mol. The van der Waals surface area contributed by atoms with Crippen LogP contribution < -0.4 is 5.73 Å².